The van der Waals surface area contributed by atoms with E-state index in [0.29, 0.717) is 6.54 Å². The number of thiophene rings is 1. The van der Waals surface area contributed by atoms with Gasteiger partial charge in [-0.05, 0) is 37.8 Å². The van der Waals surface area contributed by atoms with E-state index in [1.54, 1.807) is 17.6 Å². The molecule has 0 radical (unpaired) electrons. The molecule has 7 nitrogen and oxygen atoms in total. The molecule has 0 aliphatic rings. The zero-order chi connectivity index (χ0) is 19.2. The van der Waals surface area contributed by atoms with Gasteiger partial charge in [-0.1, -0.05) is 6.07 Å². The third-order valence-corrected chi connectivity index (χ3v) is 5.46. The normalized spacial score (nSPS) is 11.4. The second kappa shape index (κ2) is 10.6. The lowest BCUT2D eigenvalue weighted by Gasteiger charge is -2.22. The van der Waals surface area contributed by atoms with E-state index in [4.69, 9.17) is 9.41 Å². The second-order valence-corrected chi connectivity index (χ2v) is 7.51. The van der Waals surface area contributed by atoms with Crippen molar-refractivity contribution in [3.63, 3.8) is 0 Å². The van der Waals surface area contributed by atoms with Gasteiger partial charge >= 0.3 is 0 Å². The molecule has 0 fully saturated rings. The van der Waals surface area contributed by atoms with Crippen LogP contribution >= 0.6 is 35.3 Å². The minimum atomic E-state index is 0. The van der Waals surface area contributed by atoms with E-state index >= 15 is 0 Å². The molecule has 0 saturated carbocycles. The first-order valence-electron chi connectivity index (χ1n) is 8.94. The summed E-state index contributed by atoms with van der Waals surface area (Å²) < 4.78 is 7.38. The van der Waals surface area contributed by atoms with Crippen molar-refractivity contribution in [2.24, 2.45) is 12.0 Å². The summed E-state index contributed by atoms with van der Waals surface area (Å²) in [5, 5.41) is 13.9. The summed E-state index contributed by atoms with van der Waals surface area (Å²) >= 11 is 1.78. The van der Waals surface area contributed by atoms with E-state index in [1.807, 2.05) is 38.6 Å². The Balaban J connectivity index is 0.00000280. The number of nitrogens with one attached hydrogen (secondary N) is 1. The van der Waals surface area contributed by atoms with Crippen molar-refractivity contribution in [2.45, 2.75) is 33.4 Å². The number of aliphatic imine (C=N–C) groups is 1. The van der Waals surface area contributed by atoms with E-state index in [1.165, 1.54) is 4.88 Å². The maximum Gasteiger partial charge on any atom is 0.194 e. The largest absolute Gasteiger partial charge is 0.469 e. The fraction of sp³-hybridized carbons (Fsp3) is 0.421. The Morgan fingerprint density at radius 3 is 2.75 bits per heavy atom. The highest BCUT2D eigenvalue weighted by atomic mass is 127. The topological polar surface area (TPSA) is 71.5 Å². The molecule has 152 valence electrons. The third-order valence-electron chi connectivity index (χ3n) is 4.52. The van der Waals surface area contributed by atoms with Crippen LogP contribution in [0.1, 0.15) is 27.8 Å². The van der Waals surface area contributed by atoms with Crippen molar-refractivity contribution in [1.82, 2.24) is 25.0 Å². The van der Waals surface area contributed by atoms with Crippen LogP contribution in [0.5, 0.6) is 0 Å². The summed E-state index contributed by atoms with van der Waals surface area (Å²) in [5.74, 6) is 3.50. The van der Waals surface area contributed by atoms with E-state index in [0.717, 1.165) is 48.4 Å². The van der Waals surface area contributed by atoms with Crippen LogP contribution in [0.25, 0.3) is 0 Å². The number of rotatable bonds is 7. The molecule has 0 amide bonds. The van der Waals surface area contributed by atoms with Crippen LogP contribution in [0.4, 0.5) is 0 Å². The van der Waals surface area contributed by atoms with Crippen molar-refractivity contribution in [3.8, 4) is 0 Å². The Hall–Kier alpha value is -1.88. The van der Waals surface area contributed by atoms with Crippen LogP contribution in [0.3, 0.4) is 0 Å². The van der Waals surface area contributed by atoms with Crippen LogP contribution in [0.15, 0.2) is 39.3 Å². The van der Waals surface area contributed by atoms with Crippen molar-refractivity contribution in [3.05, 3.63) is 57.7 Å². The number of nitrogens with zero attached hydrogens (tertiary/aromatic N) is 5. The average Bonchev–Trinajstić information content (AvgIpc) is 3.37. The lowest BCUT2D eigenvalue weighted by Crippen LogP contribution is -2.39. The average molecular weight is 514 g/mol. The molecule has 0 bridgehead atoms. The predicted octanol–water partition coefficient (Wildman–Crippen LogP) is 3.52. The molecule has 28 heavy (non-hydrogen) atoms. The van der Waals surface area contributed by atoms with Gasteiger partial charge in [0, 0.05) is 37.6 Å². The van der Waals surface area contributed by atoms with Crippen molar-refractivity contribution < 1.29 is 4.42 Å². The molecular formula is C19H27IN6OS. The maximum atomic E-state index is 5.42. The predicted molar refractivity (Wildman–Crippen MR) is 123 cm³/mol. The summed E-state index contributed by atoms with van der Waals surface area (Å²) in [5.41, 5.74) is 1.15. The highest BCUT2D eigenvalue weighted by Gasteiger charge is 2.12. The first kappa shape index (κ1) is 22.4. The monoisotopic (exact) mass is 514 g/mol. The summed E-state index contributed by atoms with van der Waals surface area (Å²) in [7, 11) is 3.99. The van der Waals surface area contributed by atoms with Crippen LogP contribution in [-0.2, 0) is 26.6 Å². The zero-order valence-electron chi connectivity index (χ0n) is 16.7. The number of aromatic nitrogens is 3. The molecule has 3 aromatic rings. The van der Waals surface area contributed by atoms with Gasteiger partial charge in [-0.15, -0.1) is 45.5 Å². The van der Waals surface area contributed by atoms with Crippen LogP contribution in [0, 0.1) is 13.8 Å². The van der Waals surface area contributed by atoms with E-state index in [2.05, 4.69) is 37.9 Å². The van der Waals surface area contributed by atoms with Gasteiger partial charge in [0.15, 0.2) is 11.8 Å². The standard InChI is InChI=1S/C19H26N6OS.HI/c1-14-16(8-10-26-14)13-24(3)19(20-9-7-17-6-5-11-27-17)21-12-18-23-22-15(2)25(18)4;/h5-6,8,10-11H,7,9,12-13H2,1-4H3,(H,20,21);1H. The Labute approximate surface area is 186 Å². The number of hydrogen-bond acceptors (Lipinski definition) is 5. The molecule has 0 aliphatic heterocycles. The van der Waals surface area contributed by atoms with Gasteiger partial charge in [0.25, 0.3) is 0 Å². The van der Waals surface area contributed by atoms with Crippen molar-refractivity contribution >= 4 is 41.3 Å². The molecule has 3 rings (SSSR count). The summed E-state index contributed by atoms with van der Waals surface area (Å²) in [6.45, 7) is 5.95. The van der Waals surface area contributed by atoms with Crippen LogP contribution in [-0.4, -0.2) is 39.2 Å². The minimum absolute atomic E-state index is 0. The van der Waals surface area contributed by atoms with Crippen LogP contribution < -0.4 is 5.32 Å². The maximum absolute atomic E-state index is 5.42. The van der Waals surface area contributed by atoms with Gasteiger partial charge in [-0.3, -0.25) is 0 Å². The first-order chi connectivity index (χ1) is 13.0. The molecule has 0 unspecified atom stereocenters. The quantitative estimate of drug-likeness (QED) is 0.297. The molecule has 0 aromatic carbocycles. The summed E-state index contributed by atoms with van der Waals surface area (Å²) in [6.07, 6.45) is 2.69. The molecule has 9 heteroatoms. The summed E-state index contributed by atoms with van der Waals surface area (Å²) in [4.78, 5) is 8.24. The Morgan fingerprint density at radius 1 is 1.32 bits per heavy atom. The van der Waals surface area contributed by atoms with Crippen molar-refractivity contribution in [2.75, 3.05) is 13.6 Å². The van der Waals surface area contributed by atoms with E-state index < -0.39 is 0 Å². The summed E-state index contributed by atoms with van der Waals surface area (Å²) in [6, 6.07) is 6.24. The molecule has 0 atom stereocenters. The number of halogens is 1. The smallest absolute Gasteiger partial charge is 0.194 e. The number of furan rings is 1. The first-order valence-corrected chi connectivity index (χ1v) is 9.82. The van der Waals surface area contributed by atoms with Crippen molar-refractivity contribution in [1.29, 1.82) is 0 Å². The lowest BCUT2D eigenvalue weighted by atomic mass is 10.2. The highest BCUT2D eigenvalue weighted by molar-refractivity contribution is 14.0. The molecule has 0 aliphatic carbocycles. The van der Waals surface area contributed by atoms with Gasteiger partial charge in [0.2, 0.25) is 0 Å². The molecular weight excluding hydrogens is 487 g/mol. The highest BCUT2D eigenvalue weighted by Crippen LogP contribution is 2.12. The lowest BCUT2D eigenvalue weighted by molar-refractivity contribution is 0.462. The fourth-order valence-electron chi connectivity index (χ4n) is 2.70. The van der Waals surface area contributed by atoms with Crippen LogP contribution in [0.2, 0.25) is 0 Å². The van der Waals surface area contributed by atoms with Gasteiger partial charge < -0.3 is 19.2 Å². The molecule has 3 heterocycles. The van der Waals surface area contributed by atoms with Gasteiger partial charge in [0.05, 0.1) is 6.26 Å². The van der Waals surface area contributed by atoms with Gasteiger partial charge in [0.1, 0.15) is 18.1 Å². The Kier molecular flexibility index (Phi) is 8.49. The number of aryl methyl sites for hydroxylation is 2. The van der Waals surface area contributed by atoms with Gasteiger partial charge in [-0.2, -0.15) is 0 Å². The molecule has 1 N–H and O–H groups in total. The second-order valence-electron chi connectivity index (χ2n) is 6.48. The number of hydrogen-bond donors (Lipinski definition) is 1. The number of guanidine groups is 1. The molecule has 3 aromatic heterocycles. The zero-order valence-corrected chi connectivity index (χ0v) is 19.8. The third kappa shape index (κ3) is 5.81. The SMILES string of the molecule is Cc1occc1CN(C)C(=NCc1nnc(C)n1C)NCCc1cccs1.I. The fourth-order valence-corrected chi connectivity index (χ4v) is 3.41. The van der Waals surface area contributed by atoms with E-state index in [9.17, 15) is 0 Å². The molecule has 0 saturated heterocycles. The van der Waals surface area contributed by atoms with E-state index in [-0.39, 0.29) is 24.0 Å². The minimum Gasteiger partial charge on any atom is -0.469 e. The van der Waals surface area contributed by atoms with Gasteiger partial charge in [-0.25, -0.2) is 4.99 Å². The Bertz CT molecular complexity index is 886. The Morgan fingerprint density at radius 2 is 2.14 bits per heavy atom. The molecule has 0 spiro atoms.